The number of hydrogen-bond donors (Lipinski definition) is 0. The second kappa shape index (κ2) is 8.04. The van der Waals surface area contributed by atoms with Gasteiger partial charge in [0.15, 0.2) is 5.78 Å². The average Bonchev–Trinajstić information content (AvgIpc) is 2.50. The molecule has 1 nitrogen and oxygen atoms in total. The van der Waals surface area contributed by atoms with Gasteiger partial charge in [0.05, 0.1) is 0 Å². The Labute approximate surface area is 123 Å². The minimum atomic E-state index is 0.305. The molecular weight excluding hydrogens is 244 g/mol. The van der Waals surface area contributed by atoms with Crippen molar-refractivity contribution >= 4 is 5.78 Å². The highest BCUT2D eigenvalue weighted by Crippen LogP contribution is 2.33. The van der Waals surface area contributed by atoms with Gasteiger partial charge in [0, 0.05) is 12.0 Å². The van der Waals surface area contributed by atoms with E-state index in [9.17, 15) is 4.79 Å². The first-order valence-electron chi connectivity index (χ1n) is 8.08. The molecule has 0 bridgehead atoms. The summed E-state index contributed by atoms with van der Waals surface area (Å²) in [6.07, 6.45) is 11.8. The van der Waals surface area contributed by atoms with Crippen LogP contribution in [0.15, 0.2) is 42.0 Å². The predicted octanol–water partition coefficient (Wildman–Crippen LogP) is 5.57. The van der Waals surface area contributed by atoms with Crippen molar-refractivity contribution in [1.82, 2.24) is 0 Å². The number of hydrogen-bond acceptors (Lipinski definition) is 1. The Hall–Kier alpha value is -1.37. The molecule has 1 saturated carbocycles. The first-order chi connectivity index (χ1) is 9.81. The molecule has 1 aromatic carbocycles. The third-order valence-corrected chi connectivity index (χ3v) is 4.28. The van der Waals surface area contributed by atoms with E-state index in [0.717, 1.165) is 5.56 Å². The summed E-state index contributed by atoms with van der Waals surface area (Å²) in [7, 11) is 0. The van der Waals surface area contributed by atoms with Crippen LogP contribution in [0.3, 0.4) is 0 Å². The van der Waals surface area contributed by atoms with Crippen LogP contribution in [-0.4, -0.2) is 5.78 Å². The standard InChI is InChI=1S/C19H26O/c1-2-3-5-10-16-11-8-9-14-18(16)15-19(20)17-12-6-4-7-13-17/h4,6-7,10,12-13,18H,2-3,5,8-9,11,14-15H2,1H3/b16-10-. The van der Waals surface area contributed by atoms with Crippen molar-refractivity contribution in [3.8, 4) is 0 Å². The molecule has 1 unspecified atom stereocenters. The molecule has 0 aliphatic heterocycles. The Kier molecular flexibility index (Phi) is 6.04. The first kappa shape index (κ1) is 15.0. The summed E-state index contributed by atoms with van der Waals surface area (Å²) in [5.74, 6) is 0.798. The zero-order chi connectivity index (χ0) is 14.2. The molecule has 0 aromatic heterocycles. The van der Waals surface area contributed by atoms with Crippen LogP contribution in [0.1, 0.15) is 68.6 Å². The maximum atomic E-state index is 12.4. The molecule has 1 fully saturated rings. The van der Waals surface area contributed by atoms with E-state index in [0.29, 0.717) is 18.1 Å². The van der Waals surface area contributed by atoms with Crippen LogP contribution in [0.2, 0.25) is 0 Å². The summed E-state index contributed by atoms with van der Waals surface area (Å²) in [4.78, 5) is 12.4. The SMILES string of the molecule is CCCC/C=C1/CCCCC1CC(=O)c1ccccc1. The predicted molar refractivity (Wildman–Crippen MR) is 85.0 cm³/mol. The quantitative estimate of drug-likeness (QED) is 0.375. The molecule has 0 spiro atoms. The summed E-state index contributed by atoms with van der Waals surface area (Å²) in [5.41, 5.74) is 2.42. The van der Waals surface area contributed by atoms with Gasteiger partial charge in [-0.05, 0) is 31.6 Å². The van der Waals surface area contributed by atoms with Crippen molar-refractivity contribution in [1.29, 1.82) is 0 Å². The van der Waals surface area contributed by atoms with Gasteiger partial charge in [-0.2, -0.15) is 0 Å². The van der Waals surface area contributed by atoms with Crippen LogP contribution in [0.4, 0.5) is 0 Å². The van der Waals surface area contributed by atoms with E-state index >= 15 is 0 Å². The van der Waals surface area contributed by atoms with E-state index < -0.39 is 0 Å². The Morgan fingerprint density at radius 1 is 1.25 bits per heavy atom. The average molecular weight is 270 g/mol. The Morgan fingerprint density at radius 2 is 2.05 bits per heavy atom. The summed E-state index contributed by atoms with van der Waals surface area (Å²) in [6, 6.07) is 9.74. The topological polar surface area (TPSA) is 17.1 Å². The van der Waals surface area contributed by atoms with Gasteiger partial charge in [0.25, 0.3) is 0 Å². The Balaban J connectivity index is 1.98. The van der Waals surface area contributed by atoms with Gasteiger partial charge in [-0.1, -0.05) is 68.2 Å². The zero-order valence-corrected chi connectivity index (χ0v) is 12.6. The minimum Gasteiger partial charge on any atom is -0.294 e. The maximum Gasteiger partial charge on any atom is 0.163 e. The van der Waals surface area contributed by atoms with Crippen LogP contribution in [0, 0.1) is 5.92 Å². The van der Waals surface area contributed by atoms with Crippen LogP contribution in [0.25, 0.3) is 0 Å². The Morgan fingerprint density at radius 3 is 2.80 bits per heavy atom. The van der Waals surface area contributed by atoms with E-state index in [1.54, 1.807) is 5.57 Å². The molecule has 1 heteroatoms. The van der Waals surface area contributed by atoms with Crippen molar-refractivity contribution in [2.75, 3.05) is 0 Å². The second-order valence-corrected chi connectivity index (χ2v) is 5.86. The molecule has 0 N–H and O–H groups in total. The normalized spacial score (nSPS) is 21.1. The fourth-order valence-electron chi connectivity index (χ4n) is 3.07. The van der Waals surface area contributed by atoms with E-state index in [4.69, 9.17) is 0 Å². The third-order valence-electron chi connectivity index (χ3n) is 4.28. The monoisotopic (exact) mass is 270 g/mol. The lowest BCUT2D eigenvalue weighted by atomic mass is 9.80. The largest absolute Gasteiger partial charge is 0.294 e. The Bertz CT molecular complexity index is 444. The lowest BCUT2D eigenvalue weighted by Crippen LogP contribution is -2.15. The molecule has 0 saturated heterocycles. The van der Waals surface area contributed by atoms with Crippen LogP contribution >= 0.6 is 0 Å². The number of ketones is 1. The summed E-state index contributed by atoms with van der Waals surface area (Å²) < 4.78 is 0. The fraction of sp³-hybridized carbons (Fsp3) is 0.526. The number of allylic oxidation sites excluding steroid dienone is 2. The van der Waals surface area contributed by atoms with E-state index in [1.165, 1.54) is 44.9 Å². The molecule has 2 rings (SSSR count). The third kappa shape index (κ3) is 4.33. The van der Waals surface area contributed by atoms with Gasteiger partial charge >= 0.3 is 0 Å². The van der Waals surface area contributed by atoms with Crippen molar-refractivity contribution in [3.63, 3.8) is 0 Å². The smallest absolute Gasteiger partial charge is 0.163 e. The van der Waals surface area contributed by atoms with Crippen molar-refractivity contribution in [3.05, 3.63) is 47.5 Å². The summed E-state index contributed by atoms with van der Waals surface area (Å²) in [6.45, 7) is 2.23. The molecule has 0 amide bonds. The van der Waals surface area contributed by atoms with Gasteiger partial charge in [-0.3, -0.25) is 4.79 Å². The van der Waals surface area contributed by atoms with E-state index in [-0.39, 0.29) is 0 Å². The molecule has 1 aromatic rings. The van der Waals surface area contributed by atoms with Gasteiger partial charge < -0.3 is 0 Å². The van der Waals surface area contributed by atoms with Gasteiger partial charge in [-0.15, -0.1) is 0 Å². The molecule has 1 aliphatic rings. The number of unbranched alkanes of at least 4 members (excludes halogenated alkanes) is 2. The number of Topliss-reactive ketones (excluding diaryl/α,β-unsaturated/α-hetero) is 1. The van der Waals surface area contributed by atoms with Gasteiger partial charge in [-0.25, -0.2) is 0 Å². The number of benzene rings is 1. The summed E-state index contributed by atoms with van der Waals surface area (Å²) in [5, 5.41) is 0. The minimum absolute atomic E-state index is 0.305. The molecule has 108 valence electrons. The number of rotatable bonds is 6. The maximum absolute atomic E-state index is 12.4. The van der Waals surface area contributed by atoms with Crippen molar-refractivity contribution in [2.45, 2.75) is 58.3 Å². The van der Waals surface area contributed by atoms with E-state index in [2.05, 4.69) is 13.0 Å². The molecule has 1 atom stereocenters. The highest BCUT2D eigenvalue weighted by Gasteiger charge is 2.21. The van der Waals surface area contributed by atoms with Gasteiger partial charge in [0.2, 0.25) is 0 Å². The first-order valence-corrected chi connectivity index (χ1v) is 8.08. The molecule has 0 radical (unpaired) electrons. The lowest BCUT2D eigenvalue weighted by molar-refractivity contribution is 0.0962. The summed E-state index contributed by atoms with van der Waals surface area (Å²) >= 11 is 0. The zero-order valence-electron chi connectivity index (χ0n) is 12.6. The van der Waals surface area contributed by atoms with Gasteiger partial charge in [0.1, 0.15) is 0 Å². The molecule has 20 heavy (non-hydrogen) atoms. The molecule has 0 heterocycles. The fourth-order valence-corrected chi connectivity index (χ4v) is 3.07. The second-order valence-electron chi connectivity index (χ2n) is 5.86. The number of carbonyl (C=O) groups is 1. The molecular formula is C19H26O. The highest BCUT2D eigenvalue weighted by molar-refractivity contribution is 5.96. The van der Waals surface area contributed by atoms with Crippen molar-refractivity contribution < 1.29 is 4.79 Å². The van der Waals surface area contributed by atoms with Crippen LogP contribution in [-0.2, 0) is 0 Å². The number of carbonyl (C=O) groups excluding carboxylic acids is 1. The van der Waals surface area contributed by atoms with Crippen LogP contribution in [0.5, 0.6) is 0 Å². The lowest BCUT2D eigenvalue weighted by Gasteiger charge is -2.25. The molecule has 1 aliphatic carbocycles. The van der Waals surface area contributed by atoms with E-state index in [1.807, 2.05) is 30.3 Å². The van der Waals surface area contributed by atoms with Crippen molar-refractivity contribution in [2.24, 2.45) is 5.92 Å². The highest BCUT2D eigenvalue weighted by atomic mass is 16.1. The van der Waals surface area contributed by atoms with Crippen LogP contribution < -0.4 is 0 Å².